The number of rotatable bonds is 0. The molecule has 1 aliphatic carbocycles. The Morgan fingerprint density at radius 3 is 1.60 bits per heavy atom. The molecule has 1 saturated carbocycles. The summed E-state index contributed by atoms with van der Waals surface area (Å²) in [7, 11) is 0. The van der Waals surface area contributed by atoms with E-state index >= 15 is 0 Å². The highest BCUT2D eigenvalue weighted by Crippen LogP contribution is 2.36. The number of aliphatic hydroxyl groups is 1. The Labute approximate surface area is 64.5 Å². The Morgan fingerprint density at radius 2 is 1.50 bits per heavy atom. The zero-order chi connectivity index (χ0) is 8.04. The number of hydrogen-bond acceptors (Lipinski definition) is 1. The lowest BCUT2D eigenvalue weighted by molar-refractivity contribution is 0.318. The predicted octanol–water partition coefficient (Wildman–Crippen LogP) is 2.59. The lowest BCUT2D eigenvalue weighted by atomic mass is 9.92. The van der Waals surface area contributed by atoms with E-state index in [-0.39, 0.29) is 6.61 Å². The molecule has 1 fully saturated rings. The van der Waals surface area contributed by atoms with Gasteiger partial charge in [-0.05, 0) is 25.2 Å². The van der Waals surface area contributed by atoms with Crippen molar-refractivity contribution in [2.45, 2.75) is 46.5 Å². The first-order valence-electron chi connectivity index (χ1n) is 4.23. The quantitative estimate of drug-likeness (QED) is 0.554. The first kappa shape index (κ1) is 9.96. The monoisotopic (exact) mass is 144 g/mol. The molecule has 0 aromatic heterocycles. The van der Waals surface area contributed by atoms with Crippen LogP contribution in [0.5, 0.6) is 0 Å². The first-order chi connectivity index (χ1) is 4.62. The van der Waals surface area contributed by atoms with Gasteiger partial charge in [-0.3, -0.25) is 0 Å². The molecule has 1 N–H and O–H groups in total. The molecule has 62 valence electrons. The van der Waals surface area contributed by atoms with Crippen molar-refractivity contribution in [3.05, 3.63) is 0 Å². The zero-order valence-corrected chi connectivity index (χ0v) is 7.48. The Hall–Kier alpha value is -0.0400. The van der Waals surface area contributed by atoms with Crippen LogP contribution in [0.25, 0.3) is 0 Å². The summed E-state index contributed by atoms with van der Waals surface area (Å²) >= 11 is 0. The summed E-state index contributed by atoms with van der Waals surface area (Å²) in [6, 6.07) is 0. The highest BCUT2D eigenvalue weighted by atomic mass is 16.2. The van der Waals surface area contributed by atoms with Crippen molar-refractivity contribution < 1.29 is 5.11 Å². The Morgan fingerprint density at radius 1 is 1.20 bits per heavy atom. The Balaban J connectivity index is 0.000000236. The third-order valence-electron chi connectivity index (χ3n) is 1.96. The number of hydrogen-bond donors (Lipinski definition) is 1. The van der Waals surface area contributed by atoms with Gasteiger partial charge in [0.15, 0.2) is 0 Å². The minimum Gasteiger partial charge on any atom is -0.397 e. The van der Waals surface area contributed by atoms with Gasteiger partial charge >= 0.3 is 0 Å². The average molecular weight is 144 g/mol. The van der Waals surface area contributed by atoms with Crippen LogP contribution in [0.15, 0.2) is 0 Å². The summed E-state index contributed by atoms with van der Waals surface area (Å²) in [4.78, 5) is 0. The minimum atomic E-state index is 0.250. The van der Waals surface area contributed by atoms with Crippen LogP contribution < -0.4 is 0 Å². The smallest absolute Gasteiger partial charge is 0.0402 e. The third-order valence-corrected chi connectivity index (χ3v) is 1.96. The van der Waals surface area contributed by atoms with Gasteiger partial charge in [0.25, 0.3) is 0 Å². The molecule has 0 amide bonds. The van der Waals surface area contributed by atoms with Crippen molar-refractivity contribution in [2.75, 3.05) is 6.61 Å². The van der Waals surface area contributed by atoms with Crippen LogP contribution in [-0.4, -0.2) is 11.7 Å². The fourth-order valence-electron chi connectivity index (χ4n) is 1.33. The summed E-state index contributed by atoms with van der Waals surface area (Å²) in [6.07, 6.45) is 5.83. The lowest BCUT2D eigenvalue weighted by Gasteiger charge is -2.13. The van der Waals surface area contributed by atoms with Gasteiger partial charge in [0.1, 0.15) is 0 Å². The maximum Gasteiger partial charge on any atom is 0.0402 e. The fourth-order valence-corrected chi connectivity index (χ4v) is 1.33. The van der Waals surface area contributed by atoms with Gasteiger partial charge in [-0.2, -0.15) is 0 Å². The molecule has 0 aliphatic heterocycles. The van der Waals surface area contributed by atoms with Crippen LogP contribution in [0.4, 0.5) is 0 Å². The van der Waals surface area contributed by atoms with Crippen LogP contribution in [0.2, 0.25) is 0 Å². The van der Waals surface area contributed by atoms with Gasteiger partial charge in [-0.1, -0.05) is 26.7 Å². The summed E-state index contributed by atoms with van der Waals surface area (Å²) in [5, 5.41) is 7.57. The molecule has 1 heteroatoms. The molecule has 0 radical (unpaired) electrons. The van der Waals surface area contributed by atoms with Crippen molar-refractivity contribution in [1.82, 2.24) is 0 Å². The van der Waals surface area contributed by atoms with E-state index in [1.165, 1.54) is 25.7 Å². The minimum absolute atomic E-state index is 0.250. The predicted molar refractivity (Wildman–Crippen MR) is 45.0 cm³/mol. The Bertz CT molecular complexity index is 68.8. The molecule has 0 spiro atoms. The Kier molecular flexibility index (Phi) is 4.71. The van der Waals surface area contributed by atoms with Crippen LogP contribution in [0.1, 0.15) is 46.5 Å². The molecular weight excluding hydrogens is 124 g/mol. The maximum absolute atomic E-state index is 7.57. The van der Waals surface area contributed by atoms with Gasteiger partial charge in [-0.25, -0.2) is 0 Å². The summed E-state index contributed by atoms with van der Waals surface area (Å²) in [5.74, 6) is 0. The van der Waals surface area contributed by atoms with E-state index in [2.05, 4.69) is 13.8 Å². The highest BCUT2D eigenvalue weighted by Gasteiger charge is 2.21. The molecule has 0 aromatic rings. The number of aliphatic hydroxyl groups excluding tert-OH is 1. The molecule has 0 aromatic carbocycles. The fraction of sp³-hybridized carbons (Fsp3) is 1.00. The standard InChI is InChI=1S/C7H14.C2H6O/c1-7(2)5-3-4-6-7;1-2-3/h3-6H2,1-2H3;3H,2H2,1H3. The first-order valence-corrected chi connectivity index (χ1v) is 4.23. The molecule has 1 rings (SSSR count). The average Bonchev–Trinajstić information content (AvgIpc) is 2.16. The van der Waals surface area contributed by atoms with Gasteiger partial charge in [-0.15, -0.1) is 0 Å². The van der Waals surface area contributed by atoms with Crippen LogP contribution in [-0.2, 0) is 0 Å². The summed E-state index contributed by atoms with van der Waals surface area (Å²) in [6.45, 7) is 6.65. The van der Waals surface area contributed by atoms with Crippen LogP contribution >= 0.6 is 0 Å². The van der Waals surface area contributed by atoms with E-state index in [0.717, 1.165) is 0 Å². The van der Waals surface area contributed by atoms with E-state index in [1.54, 1.807) is 6.92 Å². The van der Waals surface area contributed by atoms with Crippen molar-refractivity contribution in [1.29, 1.82) is 0 Å². The van der Waals surface area contributed by atoms with E-state index in [9.17, 15) is 0 Å². The second kappa shape index (κ2) is 4.73. The molecule has 1 aliphatic rings. The van der Waals surface area contributed by atoms with Crippen LogP contribution in [0, 0.1) is 5.41 Å². The molecule has 10 heavy (non-hydrogen) atoms. The molecule has 1 nitrogen and oxygen atoms in total. The molecule has 0 unspecified atom stereocenters. The van der Waals surface area contributed by atoms with Crippen molar-refractivity contribution in [3.63, 3.8) is 0 Å². The van der Waals surface area contributed by atoms with E-state index in [4.69, 9.17) is 5.11 Å². The molecule has 0 atom stereocenters. The van der Waals surface area contributed by atoms with E-state index < -0.39 is 0 Å². The second-order valence-electron chi connectivity index (χ2n) is 3.69. The zero-order valence-electron chi connectivity index (χ0n) is 7.48. The summed E-state index contributed by atoms with van der Waals surface area (Å²) < 4.78 is 0. The largest absolute Gasteiger partial charge is 0.397 e. The third kappa shape index (κ3) is 4.80. The second-order valence-corrected chi connectivity index (χ2v) is 3.69. The van der Waals surface area contributed by atoms with Crippen molar-refractivity contribution >= 4 is 0 Å². The molecule has 0 heterocycles. The lowest BCUT2D eigenvalue weighted by Crippen LogP contribution is -2.01. The normalized spacial score (nSPS) is 21.6. The van der Waals surface area contributed by atoms with Crippen molar-refractivity contribution in [3.8, 4) is 0 Å². The summed E-state index contributed by atoms with van der Waals surface area (Å²) in [5.41, 5.74) is 0.694. The van der Waals surface area contributed by atoms with Gasteiger partial charge in [0.2, 0.25) is 0 Å². The van der Waals surface area contributed by atoms with E-state index in [0.29, 0.717) is 5.41 Å². The SMILES string of the molecule is CC1(C)CCCC1.CCO. The topological polar surface area (TPSA) is 20.2 Å². The van der Waals surface area contributed by atoms with Gasteiger partial charge in [0, 0.05) is 6.61 Å². The van der Waals surface area contributed by atoms with Crippen molar-refractivity contribution in [2.24, 2.45) is 5.41 Å². The van der Waals surface area contributed by atoms with Crippen LogP contribution in [0.3, 0.4) is 0 Å². The van der Waals surface area contributed by atoms with Gasteiger partial charge in [0.05, 0.1) is 0 Å². The highest BCUT2D eigenvalue weighted by molar-refractivity contribution is 4.74. The maximum atomic E-state index is 7.57. The van der Waals surface area contributed by atoms with E-state index in [1.807, 2.05) is 0 Å². The molecule has 0 saturated heterocycles. The molecular formula is C9H20O. The molecule has 0 bridgehead atoms. The van der Waals surface area contributed by atoms with Gasteiger partial charge < -0.3 is 5.11 Å².